The summed E-state index contributed by atoms with van der Waals surface area (Å²) in [6.45, 7) is 2.94. The van der Waals surface area contributed by atoms with Crippen molar-refractivity contribution >= 4 is 44.9 Å². The highest BCUT2D eigenvalue weighted by atomic mass is 35.5. The molecule has 0 saturated carbocycles. The first-order valence-electron chi connectivity index (χ1n) is 6.82. The summed E-state index contributed by atoms with van der Waals surface area (Å²) in [6, 6.07) is 4.54. The summed E-state index contributed by atoms with van der Waals surface area (Å²) in [6.07, 6.45) is 0. The Morgan fingerprint density at radius 3 is 2.36 bits per heavy atom. The molecule has 1 saturated heterocycles. The molecule has 1 aliphatic rings. The van der Waals surface area contributed by atoms with E-state index in [1.165, 1.54) is 4.31 Å². The van der Waals surface area contributed by atoms with Crippen molar-refractivity contribution in [1.29, 1.82) is 0 Å². The molecule has 0 aliphatic carbocycles. The lowest BCUT2D eigenvalue weighted by Gasteiger charge is -2.33. The highest BCUT2D eigenvalue weighted by Gasteiger charge is 2.27. The number of hydrogen-bond donors (Lipinski definition) is 1. The van der Waals surface area contributed by atoms with Gasteiger partial charge < -0.3 is 10.2 Å². The zero-order chi connectivity index (χ0) is 16.3. The van der Waals surface area contributed by atoms with E-state index < -0.39 is 10.0 Å². The largest absolute Gasteiger partial charge is 0.322 e. The topological polar surface area (TPSA) is 69.7 Å². The molecule has 1 aliphatic heterocycles. The maximum absolute atomic E-state index is 12.2. The van der Waals surface area contributed by atoms with Crippen LogP contribution >= 0.6 is 23.2 Å². The van der Waals surface area contributed by atoms with Crippen LogP contribution in [0.25, 0.3) is 0 Å². The minimum Gasteiger partial charge on any atom is -0.322 e. The van der Waals surface area contributed by atoms with Crippen molar-refractivity contribution < 1.29 is 13.2 Å². The Morgan fingerprint density at radius 2 is 1.82 bits per heavy atom. The third kappa shape index (κ3) is 4.04. The summed E-state index contributed by atoms with van der Waals surface area (Å²) in [5.74, 6) is 0.0719. The molecule has 122 valence electrons. The lowest BCUT2D eigenvalue weighted by molar-refractivity contribution is 0.184. The zero-order valence-corrected chi connectivity index (χ0v) is 14.4. The van der Waals surface area contributed by atoms with Gasteiger partial charge >= 0.3 is 6.03 Å². The minimum absolute atomic E-state index is 0.0719. The van der Waals surface area contributed by atoms with Gasteiger partial charge in [-0.25, -0.2) is 13.2 Å². The lowest BCUT2D eigenvalue weighted by atomic mass is 10.3. The van der Waals surface area contributed by atoms with Crippen molar-refractivity contribution in [2.75, 3.05) is 37.2 Å². The Morgan fingerprint density at radius 1 is 1.18 bits per heavy atom. The smallest absolute Gasteiger partial charge is 0.321 e. The van der Waals surface area contributed by atoms with E-state index >= 15 is 0 Å². The highest BCUT2D eigenvalue weighted by Crippen LogP contribution is 2.25. The number of nitrogens with zero attached hydrogens (tertiary/aromatic N) is 2. The number of hydrogen-bond acceptors (Lipinski definition) is 3. The van der Waals surface area contributed by atoms with Gasteiger partial charge in [-0.2, -0.15) is 4.31 Å². The van der Waals surface area contributed by atoms with Gasteiger partial charge in [0, 0.05) is 31.9 Å². The van der Waals surface area contributed by atoms with Gasteiger partial charge in [-0.05, 0) is 25.1 Å². The van der Waals surface area contributed by atoms with Crippen LogP contribution in [-0.4, -0.2) is 55.6 Å². The fraction of sp³-hybridized carbons (Fsp3) is 0.462. The second kappa shape index (κ2) is 7.04. The molecule has 6 nitrogen and oxygen atoms in total. The van der Waals surface area contributed by atoms with Gasteiger partial charge in [0.05, 0.1) is 15.8 Å². The molecule has 2 amide bonds. The van der Waals surface area contributed by atoms with E-state index in [9.17, 15) is 13.2 Å². The fourth-order valence-corrected chi connectivity index (χ4v) is 3.51. The van der Waals surface area contributed by atoms with Gasteiger partial charge in [0.25, 0.3) is 0 Å². The molecule has 1 N–H and O–H groups in total. The average Bonchev–Trinajstić information content (AvgIpc) is 2.51. The van der Waals surface area contributed by atoms with E-state index in [2.05, 4.69) is 5.32 Å². The second-order valence-electron chi connectivity index (χ2n) is 4.85. The number of benzene rings is 1. The number of anilines is 1. The van der Waals surface area contributed by atoms with E-state index in [1.807, 2.05) is 0 Å². The van der Waals surface area contributed by atoms with Crippen molar-refractivity contribution in [2.45, 2.75) is 6.92 Å². The number of carbonyl (C=O) groups excluding carboxylic acids is 1. The highest BCUT2D eigenvalue weighted by molar-refractivity contribution is 7.89. The first kappa shape index (κ1) is 17.3. The minimum atomic E-state index is -3.20. The predicted octanol–water partition coefficient (Wildman–Crippen LogP) is 2.49. The Balaban J connectivity index is 1.94. The number of sulfonamides is 1. The molecular weight excluding hydrogens is 349 g/mol. The molecule has 0 atom stereocenters. The summed E-state index contributed by atoms with van der Waals surface area (Å²) in [5, 5.41) is 3.50. The summed E-state index contributed by atoms with van der Waals surface area (Å²) in [7, 11) is -3.20. The molecule has 1 aromatic carbocycles. The van der Waals surface area contributed by atoms with Gasteiger partial charge in [-0.3, -0.25) is 0 Å². The van der Waals surface area contributed by atoms with Crippen molar-refractivity contribution in [3.63, 3.8) is 0 Å². The third-order valence-corrected chi connectivity index (χ3v) is 6.08. The number of urea groups is 1. The molecule has 0 spiro atoms. The van der Waals surface area contributed by atoms with Crippen molar-refractivity contribution in [3.8, 4) is 0 Å². The third-order valence-electron chi connectivity index (χ3n) is 3.45. The molecular formula is C13H17Cl2N3O3S. The monoisotopic (exact) mass is 365 g/mol. The maximum Gasteiger partial charge on any atom is 0.321 e. The van der Waals surface area contributed by atoms with Gasteiger partial charge in [-0.1, -0.05) is 23.2 Å². The van der Waals surface area contributed by atoms with Gasteiger partial charge in [0.15, 0.2) is 0 Å². The standard InChI is InChI=1S/C13H17Cl2N3O3S/c1-2-22(20,21)18-7-5-17(6-8-18)13(19)16-10-3-4-11(14)12(15)9-10/h3-4,9H,2,5-8H2,1H3,(H,16,19). The Labute approximate surface area is 140 Å². The Bertz CT molecular complexity index is 658. The van der Waals surface area contributed by atoms with Gasteiger partial charge in [-0.15, -0.1) is 0 Å². The predicted molar refractivity (Wildman–Crippen MR) is 88.1 cm³/mol. The quantitative estimate of drug-likeness (QED) is 0.894. The van der Waals surface area contributed by atoms with Crippen molar-refractivity contribution in [2.24, 2.45) is 0 Å². The SMILES string of the molecule is CCS(=O)(=O)N1CCN(C(=O)Nc2ccc(Cl)c(Cl)c2)CC1. The molecule has 9 heteroatoms. The van der Waals surface area contributed by atoms with Crippen LogP contribution in [0, 0.1) is 0 Å². The zero-order valence-electron chi connectivity index (χ0n) is 12.1. The fourth-order valence-electron chi connectivity index (χ4n) is 2.13. The van der Waals surface area contributed by atoms with Crippen molar-refractivity contribution in [1.82, 2.24) is 9.21 Å². The van der Waals surface area contributed by atoms with Crippen LogP contribution < -0.4 is 5.32 Å². The van der Waals surface area contributed by atoms with Crippen LogP contribution in [0.5, 0.6) is 0 Å². The molecule has 0 radical (unpaired) electrons. The van der Waals surface area contributed by atoms with Crippen LogP contribution in [-0.2, 0) is 10.0 Å². The molecule has 0 aromatic heterocycles. The molecule has 1 fully saturated rings. The molecule has 1 heterocycles. The summed E-state index contributed by atoms with van der Waals surface area (Å²) in [4.78, 5) is 13.7. The first-order chi connectivity index (χ1) is 10.3. The number of rotatable bonds is 3. The van der Waals surface area contributed by atoms with Crippen LogP contribution in [0.2, 0.25) is 10.0 Å². The van der Waals surface area contributed by atoms with E-state index in [4.69, 9.17) is 23.2 Å². The summed E-state index contributed by atoms with van der Waals surface area (Å²) >= 11 is 11.7. The van der Waals surface area contributed by atoms with Crippen LogP contribution in [0.3, 0.4) is 0 Å². The molecule has 22 heavy (non-hydrogen) atoms. The lowest BCUT2D eigenvalue weighted by Crippen LogP contribution is -2.51. The molecule has 0 unspecified atom stereocenters. The Hall–Kier alpha value is -1.02. The molecule has 0 bridgehead atoms. The van der Waals surface area contributed by atoms with Crippen LogP contribution in [0.15, 0.2) is 18.2 Å². The number of amides is 2. The number of carbonyl (C=O) groups is 1. The number of piperazine rings is 1. The molecule has 1 aromatic rings. The number of halogens is 2. The van der Waals surface area contributed by atoms with E-state index in [-0.39, 0.29) is 11.8 Å². The summed E-state index contributed by atoms with van der Waals surface area (Å²) < 4.78 is 25.0. The van der Waals surface area contributed by atoms with E-state index in [0.717, 1.165) is 0 Å². The van der Waals surface area contributed by atoms with Crippen LogP contribution in [0.4, 0.5) is 10.5 Å². The van der Waals surface area contributed by atoms with Gasteiger partial charge in [0.1, 0.15) is 0 Å². The van der Waals surface area contributed by atoms with E-state index in [0.29, 0.717) is 41.9 Å². The molecule has 2 rings (SSSR count). The second-order valence-corrected chi connectivity index (χ2v) is 7.92. The first-order valence-corrected chi connectivity index (χ1v) is 9.19. The van der Waals surface area contributed by atoms with Crippen LogP contribution in [0.1, 0.15) is 6.92 Å². The normalized spacial score (nSPS) is 16.6. The number of nitrogens with one attached hydrogen (secondary N) is 1. The maximum atomic E-state index is 12.2. The van der Waals surface area contributed by atoms with Gasteiger partial charge in [0.2, 0.25) is 10.0 Å². The Kier molecular flexibility index (Phi) is 5.55. The van der Waals surface area contributed by atoms with Crippen molar-refractivity contribution in [3.05, 3.63) is 28.2 Å². The van der Waals surface area contributed by atoms with E-state index in [1.54, 1.807) is 30.0 Å². The average molecular weight is 366 g/mol. The summed E-state index contributed by atoms with van der Waals surface area (Å²) in [5.41, 5.74) is 0.544.